The number of nitrogens with two attached hydrogens (primary N) is 1. The number of pyridine rings is 1. The molecule has 1 aliphatic rings. The van der Waals surface area contributed by atoms with E-state index in [1.54, 1.807) is 6.20 Å². The molecular formula is C22H23N5O. The maximum absolute atomic E-state index is 6.41. The highest BCUT2D eigenvalue weighted by Gasteiger charge is 2.19. The number of nitrogen functional groups attached to an aromatic ring is 1. The van der Waals surface area contributed by atoms with Crippen LogP contribution in [-0.4, -0.2) is 46.1 Å². The van der Waals surface area contributed by atoms with Gasteiger partial charge in [0.05, 0.1) is 27.8 Å². The number of likely N-dealkylation sites (N-methyl/N-ethyl adjacent to an activating group) is 1. The molecule has 6 heteroatoms. The quantitative estimate of drug-likeness (QED) is 0.570. The summed E-state index contributed by atoms with van der Waals surface area (Å²) in [5, 5.41) is 0.936. The van der Waals surface area contributed by atoms with E-state index < -0.39 is 0 Å². The van der Waals surface area contributed by atoms with Gasteiger partial charge in [-0.3, -0.25) is 4.98 Å². The summed E-state index contributed by atoms with van der Waals surface area (Å²) in [6.07, 6.45) is 4.28. The molecule has 0 aliphatic carbocycles. The molecule has 0 amide bonds. The molecule has 0 spiro atoms. The molecule has 3 heterocycles. The number of anilines is 1. The van der Waals surface area contributed by atoms with Crippen LogP contribution in [0.4, 0.5) is 5.69 Å². The van der Waals surface area contributed by atoms with Gasteiger partial charge in [-0.1, -0.05) is 18.2 Å². The summed E-state index contributed by atoms with van der Waals surface area (Å²) < 4.78 is 6.20. The zero-order valence-electron chi connectivity index (χ0n) is 15.9. The van der Waals surface area contributed by atoms with Gasteiger partial charge in [-0.25, -0.2) is 4.98 Å². The first-order valence-electron chi connectivity index (χ1n) is 9.66. The second-order valence-electron chi connectivity index (χ2n) is 7.51. The molecule has 1 atom stereocenters. The number of benzene rings is 2. The van der Waals surface area contributed by atoms with Crippen LogP contribution >= 0.6 is 0 Å². The van der Waals surface area contributed by atoms with Gasteiger partial charge in [0.25, 0.3) is 0 Å². The number of H-pyrrole nitrogens is 1. The molecule has 0 saturated carbocycles. The first-order valence-corrected chi connectivity index (χ1v) is 9.66. The molecule has 1 fully saturated rings. The monoisotopic (exact) mass is 373 g/mol. The van der Waals surface area contributed by atoms with E-state index in [4.69, 9.17) is 15.5 Å². The first kappa shape index (κ1) is 17.0. The zero-order valence-corrected chi connectivity index (χ0v) is 15.9. The van der Waals surface area contributed by atoms with Crippen LogP contribution in [0, 0.1) is 0 Å². The minimum atomic E-state index is 0.235. The fourth-order valence-electron chi connectivity index (χ4n) is 3.95. The number of aromatic nitrogens is 3. The minimum absolute atomic E-state index is 0.235. The van der Waals surface area contributed by atoms with Crippen LogP contribution in [-0.2, 0) is 0 Å². The Labute approximate surface area is 163 Å². The van der Waals surface area contributed by atoms with Crippen molar-refractivity contribution in [3.63, 3.8) is 0 Å². The van der Waals surface area contributed by atoms with Crippen molar-refractivity contribution in [1.82, 2.24) is 19.9 Å². The van der Waals surface area contributed by atoms with E-state index in [0.29, 0.717) is 5.69 Å². The number of rotatable bonds is 3. The number of aromatic amines is 1. The third-order valence-corrected chi connectivity index (χ3v) is 5.41. The van der Waals surface area contributed by atoms with Crippen molar-refractivity contribution >= 4 is 27.6 Å². The van der Waals surface area contributed by atoms with E-state index in [1.165, 1.54) is 6.42 Å². The van der Waals surface area contributed by atoms with Crippen LogP contribution in [0.25, 0.3) is 33.3 Å². The van der Waals surface area contributed by atoms with Crippen molar-refractivity contribution < 1.29 is 4.74 Å². The first-order chi connectivity index (χ1) is 13.7. The smallest absolute Gasteiger partial charge is 0.142 e. The van der Waals surface area contributed by atoms with E-state index in [9.17, 15) is 0 Å². The van der Waals surface area contributed by atoms with Gasteiger partial charge in [-0.2, -0.15) is 0 Å². The van der Waals surface area contributed by atoms with Gasteiger partial charge in [-0.05, 0) is 44.6 Å². The largest absolute Gasteiger partial charge is 0.489 e. The summed E-state index contributed by atoms with van der Waals surface area (Å²) in [4.78, 5) is 14.9. The highest BCUT2D eigenvalue weighted by molar-refractivity contribution is 5.97. The minimum Gasteiger partial charge on any atom is -0.489 e. The topological polar surface area (TPSA) is 80.1 Å². The number of hydrogen-bond acceptors (Lipinski definition) is 5. The molecule has 0 radical (unpaired) electrons. The number of likely N-dealkylation sites (tertiary alicyclic amines) is 1. The van der Waals surface area contributed by atoms with Crippen LogP contribution < -0.4 is 10.5 Å². The zero-order chi connectivity index (χ0) is 19.1. The molecule has 1 saturated heterocycles. The predicted octanol–water partition coefficient (Wildman–Crippen LogP) is 3.83. The molecule has 1 aliphatic heterocycles. The molecule has 0 bridgehead atoms. The maximum Gasteiger partial charge on any atom is 0.142 e. The summed E-state index contributed by atoms with van der Waals surface area (Å²) in [5.41, 5.74) is 10.6. The van der Waals surface area contributed by atoms with Crippen molar-refractivity contribution in [3.8, 4) is 17.1 Å². The molecule has 2 aromatic carbocycles. The Balaban J connectivity index is 1.48. The van der Waals surface area contributed by atoms with E-state index in [2.05, 4.69) is 21.9 Å². The van der Waals surface area contributed by atoms with Crippen LogP contribution in [0.5, 0.6) is 5.75 Å². The lowest BCUT2D eigenvalue weighted by molar-refractivity contribution is 0.104. The summed E-state index contributed by atoms with van der Waals surface area (Å²) in [6, 6.07) is 13.9. The SMILES string of the molecule is CN1CCCC(Oc2ccc3nc(-c4cnc5ccccc5c4N)[nH]c3c2)C1. The molecule has 4 aromatic rings. The number of piperidine rings is 1. The van der Waals surface area contributed by atoms with Gasteiger partial charge in [0.1, 0.15) is 17.7 Å². The molecule has 2 aromatic heterocycles. The second kappa shape index (κ2) is 6.80. The predicted molar refractivity (Wildman–Crippen MR) is 112 cm³/mol. The number of hydrogen-bond donors (Lipinski definition) is 2. The van der Waals surface area contributed by atoms with Crippen molar-refractivity contribution in [1.29, 1.82) is 0 Å². The third kappa shape index (κ3) is 3.05. The van der Waals surface area contributed by atoms with Gasteiger partial charge in [0.2, 0.25) is 0 Å². The highest BCUT2D eigenvalue weighted by Crippen LogP contribution is 2.31. The average Bonchev–Trinajstić information content (AvgIpc) is 3.11. The molecule has 1 unspecified atom stereocenters. The van der Waals surface area contributed by atoms with E-state index >= 15 is 0 Å². The Hall–Kier alpha value is -3.12. The van der Waals surface area contributed by atoms with Crippen LogP contribution in [0.3, 0.4) is 0 Å². The van der Waals surface area contributed by atoms with Crippen molar-refractivity contribution in [2.24, 2.45) is 0 Å². The molecule has 5 rings (SSSR count). The summed E-state index contributed by atoms with van der Waals surface area (Å²) in [6.45, 7) is 2.11. The number of fused-ring (bicyclic) bond motifs is 2. The van der Waals surface area contributed by atoms with Crippen molar-refractivity contribution in [2.45, 2.75) is 18.9 Å². The van der Waals surface area contributed by atoms with Crippen molar-refractivity contribution in [3.05, 3.63) is 48.7 Å². The Bertz CT molecular complexity index is 1150. The number of nitrogens with one attached hydrogen (secondary N) is 1. The number of nitrogens with zero attached hydrogens (tertiary/aromatic N) is 3. The van der Waals surface area contributed by atoms with Crippen LogP contribution in [0.2, 0.25) is 0 Å². The Morgan fingerprint density at radius 3 is 2.96 bits per heavy atom. The van der Waals surface area contributed by atoms with E-state index in [0.717, 1.165) is 58.6 Å². The van der Waals surface area contributed by atoms with Gasteiger partial charge < -0.3 is 20.4 Å². The van der Waals surface area contributed by atoms with E-state index in [-0.39, 0.29) is 6.10 Å². The Morgan fingerprint density at radius 1 is 1.18 bits per heavy atom. The number of ether oxygens (including phenoxy) is 1. The van der Waals surface area contributed by atoms with Gasteiger partial charge in [-0.15, -0.1) is 0 Å². The fraction of sp³-hybridized carbons (Fsp3) is 0.273. The lowest BCUT2D eigenvalue weighted by Crippen LogP contribution is -2.38. The third-order valence-electron chi connectivity index (χ3n) is 5.41. The highest BCUT2D eigenvalue weighted by atomic mass is 16.5. The second-order valence-corrected chi connectivity index (χ2v) is 7.51. The Kier molecular flexibility index (Phi) is 4.13. The molecule has 142 valence electrons. The summed E-state index contributed by atoms with van der Waals surface area (Å²) in [7, 11) is 2.14. The van der Waals surface area contributed by atoms with Gasteiger partial charge in [0.15, 0.2) is 0 Å². The van der Waals surface area contributed by atoms with Gasteiger partial charge in [0, 0.05) is 24.2 Å². The van der Waals surface area contributed by atoms with E-state index in [1.807, 2.05) is 42.5 Å². The maximum atomic E-state index is 6.41. The lowest BCUT2D eigenvalue weighted by Gasteiger charge is -2.29. The number of imidazole rings is 1. The number of para-hydroxylation sites is 1. The summed E-state index contributed by atoms with van der Waals surface area (Å²) in [5.74, 6) is 1.59. The van der Waals surface area contributed by atoms with Crippen LogP contribution in [0.1, 0.15) is 12.8 Å². The fourth-order valence-corrected chi connectivity index (χ4v) is 3.95. The molecule has 3 N–H and O–H groups in total. The molecule has 28 heavy (non-hydrogen) atoms. The Morgan fingerprint density at radius 2 is 2.07 bits per heavy atom. The molecule has 6 nitrogen and oxygen atoms in total. The average molecular weight is 373 g/mol. The van der Waals surface area contributed by atoms with Crippen LogP contribution in [0.15, 0.2) is 48.7 Å². The lowest BCUT2D eigenvalue weighted by atomic mass is 10.1. The van der Waals surface area contributed by atoms with Crippen molar-refractivity contribution in [2.75, 3.05) is 25.9 Å². The molecular weight excluding hydrogens is 350 g/mol. The normalized spacial score (nSPS) is 18.0. The van der Waals surface area contributed by atoms with Gasteiger partial charge >= 0.3 is 0 Å². The standard InChI is InChI=1S/C22H23N5O/c1-27-10-4-5-15(13-27)28-14-8-9-19-20(11-14)26-22(25-19)17-12-24-18-7-3-2-6-16(18)21(17)23/h2-3,6-9,11-12,15H,4-5,10,13H2,1H3,(H2,23,24)(H,25,26). The summed E-state index contributed by atoms with van der Waals surface area (Å²) >= 11 is 0.